The molecule has 1 unspecified atom stereocenters. The molecule has 0 radical (unpaired) electrons. The third-order valence-corrected chi connectivity index (χ3v) is 4.34. The zero-order valence-electron chi connectivity index (χ0n) is 12.1. The number of rotatable bonds is 2. The molecule has 0 spiro atoms. The molecule has 1 amide bonds. The largest absolute Gasteiger partial charge is 0.371 e. The summed E-state index contributed by atoms with van der Waals surface area (Å²) in [6.45, 7) is 5.63. The van der Waals surface area contributed by atoms with E-state index in [9.17, 15) is 4.79 Å². The van der Waals surface area contributed by atoms with Crippen molar-refractivity contribution in [2.45, 2.75) is 32.2 Å². The molecule has 0 aromatic heterocycles. The summed E-state index contributed by atoms with van der Waals surface area (Å²) in [5, 5.41) is 0. The second-order valence-corrected chi connectivity index (χ2v) is 6.01. The van der Waals surface area contributed by atoms with Gasteiger partial charge in [-0.1, -0.05) is 11.6 Å². The molecule has 108 valence electrons. The Morgan fingerprint density at radius 1 is 1.25 bits per heavy atom. The lowest BCUT2D eigenvalue weighted by atomic mass is 10.1. The van der Waals surface area contributed by atoms with Crippen LogP contribution in [0.3, 0.4) is 0 Å². The van der Waals surface area contributed by atoms with Crippen LogP contribution in [0.4, 0.5) is 5.69 Å². The van der Waals surface area contributed by atoms with Crippen molar-refractivity contribution < 1.29 is 4.79 Å². The summed E-state index contributed by atoms with van der Waals surface area (Å²) in [6.07, 6.45) is 3.35. The molecular formula is C16H23N3O. The number of carbonyl (C=O) groups excluding carboxylic acids is 1. The smallest absolute Gasteiger partial charge is 0.256 e. The molecule has 20 heavy (non-hydrogen) atoms. The van der Waals surface area contributed by atoms with Crippen LogP contribution in [0.5, 0.6) is 0 Å². The van der Waals surface area contributed by atoms with Crippen LogP contribution in [0.2, 0.25) is 0 Å². The second kappa shape index (κ2) is 5.44. The fraction of sp³-hybridized carbons (Fsp3) is 0.562. The SMILES string of the molecule is Cc1ccc(N2CCCC2)c(C(=O)N2CCC(N)C2)c1. The van der Waals surface area contributed by atoms with Crippen molar-refractivity contribution in [2.24, 2.45) is 5.73 Å². The lowest BCUT2D eigenvalue weighted by Crippen LogP contribution is -2.33. The van der Waals surface area contributed by atoms with Crippen LogP contribution in [0.25, 0.3) is 0 Å². The first-order valence-electron chi connectivity index (χ1n) is 7.55. The van der Waals surface area contributed by atoms with Gasteiger partial charge in [0, 0.05) is 37.9 Å². The van der Waals surface area contributed by atoms with E-state index in [0.29, 0.717) is 6.54 Å². The molecule has 2 fully saturated rings. The van der Waals surface area contributed by atoms with E-state index in [1.165, 1.54) is 12.8 Å². The summed E-state index contributed by atoms with van der Waals surface area (Å²) in [7, 11) is 0. The van der Waals surface area contributed by atoms with Gasteiger partial charge >= 0.3 is 0 Å². The fourth-order valence-corrected chi connectivity index (χ4v) is 3.20. The van der Waals surface area contributed by atoms with Crippen molar-refractivity contribution in [3.05, 3.63) is 29.3 Å². The van der Waals surface area contributed by atoms with E-state index in [-0.39, 0.29) is 11.9 Å². The van der Waals surface area contributed by atoms with E-state index in [1.54, 1.807) is 0 Å². The van der Waals surface area contributed by atoms with Crippen LogP contribution in [0, 0.1) is 6.92 Å². The van der Waals surface area contributed by atoms with Crippen molar-refractivity contribution in [3.8, 4) is 0 Å². The average molecular weight is 273 g/mol. The molecule has 1 aromatic carbocycles. The molecule has 2 aliphatic heterocycles. The van der Waals surface area contributed by atoms with Gasteiger partial charge in [-0.2, -0.15) is 0 Å². The summed E-state index contributed by atoms with van der Waals surface area (Å²) in [5.41, 5.74) is 9.01. The zero-order valence-corrected chi connectivity index (χ0v) is 12.1. The Balaban J connectivity index is 1.90. The Bertz CT molecular complexity index is 508. The summed E-state index contributed by atoms with van der Waals surface area (Å²) in [6, 6.07) is 6.36. The van der Waals surface area contributed by atoms with Gasteiger partial charge in [0.25, 0.3) is 5.91 Å². The van der Waals surface area contributed by atoms with Crippen LogP contribution >= 0.6 is 0 Å². The maximum atomic E-state index is 12.8. The minimum Gasteiger partial charge on any atom is -0.371 e. The number of nitrogens with zero attached hydrogens (tertiary/aromatic N) is 2. The topological polar surface area (TPSA) is 49.6 Å². The minimum atomic E-state index is 0.138. The molecule has 3 rings (SSSR count). The molecule has 2 saturated heterocycles. The highest BCUT2D eigenvalue weighted by molar-refractivity contribution is 6.00. The third-order valence-electron chi connectivity index (χ3n) is 4.34. The number of nitrogens with two attached hydrogens (primary N) is 1. The van der Waals surface area contributed by atoms with Crippen molar-refractivity contribution in [3.63, 3.8) is 0 Å². The number of anilines is 1. The standard InChI is InChI=1S/C16H23N3O/c1-12-4-5-15(18-7-2-3-8-18)14(10-12)16(20)19-9-6-13(17)11-19/h4-5,10,13H,2-3,6-9,11,17H2,1H3. The minimum absolute atomic E-state index is 0.138. The monoisotopic (exact) mass is 273 g/mol. The van der Waals surface area contributed by atoms with Crippen molar-refractivity contribution in [1.29, 1.82) is 0 Å². The van der Waals surface area contributed by atoms with Crippen molar-refractivity contribution >= 4 is 11.6 Å². The summed E-state index contributed by atoms with van der Waals surface area (Å²) in [5.74, 6) is 0.142. The molecule has 1 atom stereocenters. The zero-order chi connectivity index (χ0) is 14.1. The van der Waals surface area contributed by atoms with Gasteiger partial charge in [0.05, 0.1) is 5.56 Å². The second-order valence-electron chi connectivity index (χ2n) is 6.01. The molecule has 0 saturated carbocycles. The lowest BCUT2D eigenvalue weighted by Gasteiger charge is -2.24. The number of hydrogen-bond donors (Lipinski definition) is 1. The third kappa shape index (κ3) is 2.52. The molecule has 2 aliphatic rings. The molecular weight excluding hydrogens is 250 g/mol. The van der Waals surface area contributed by atoms with Crippen LogP contribution < -0.4 is 10.6 Å². The highest BCUT2D eigenvalue weighted by atomic mass is 16.2. The number of carbonyl (C=O) groups is 1. The lowest BCUT2D eigenvalue weighted by molar-refractivity contribution is 0.0791. The molecule has 2 N–H and O–H groups in total. The first-order valence-corrected chi connectivity index (χ1v) is 7.55. The molecule has 0 bridgehead atoms. The Hall–Kier alpha value is -1.55. The molecule has 2 heterocycles. The number of likely N-dealkylation sites (tertiary alicyclic amines) is 1. The highest BCUT2D eigenvalue weighted by Crippen LogP contribution is 2.27. The average Bonchev–Trinajstić information content (AvgIpc) is 3.09. The number of amides is 1. The predicted octanol–water partition coefficient (Wildman–Crippen LogP) is 1.77. The molecule has 4 heteroatoms. The van der Waals surface area contributed by atoms with Gasteiger partial charge in [-0.15, -0.1) is 0 Å². The van der Waals surface area contributed by atoms with Gasteiger partial charge in [0.2, 0.25) is 0 Å². The van der Waals surface area contributed by atoms with Gasteiger partial charge in [0.1, 0.15) is 0 Å². The van der Waals surface area contributed by atoms with E-state index < -0.39 is 0 Å². The van der Waals surface area contributed by atoms with Crippen LogP contribution in [0.15, 0.2) is 18.2 Å². The number of hydrogen-bond acceptors (Lipinski definition) is 3. The van der Waals surface area contributed by atoms with Gasteiger partial charge in [-0.05, 0) is 38.3 Å². The van der Waals surface area contributed by atoms with Gasteiger partial charge in [-0.25, -0.2) is 0 Å². The first-order chi connectivity index (χ1) is 9.65. The maximum Gasteiger partial charge on any atom is 0.256 e. The Morgan fingerprint density at radius 2 is 2.00 bits per heavy atom. The van der Waals surface area contributed by atoms with Crippen LogP contribution in [-0.4, -0.2) is 43.0 Å². The molecule has 0 aliphatic carbocycles. The quantitative estimate of drug-likeness (QED) is 0.893. The fourth-order valence-electron chi connectivity index (χ4n) is 3.20. The Morgan fingerprint density at radius 3 is 2.65 bits per heavy atom. The number of aryl methyl sites for hydroxylation is 1. The predicted molar refractivity (Wildman–Crippen MR) is 81.1 cm³/mol. The van der Waals surface area contributed by atoms with Gasteiger partial charge in [0.15, 0.2) is 0 Å². The molecule has 1 aromatic rings. The van der Waals surface area contributed by atoms with Crippen molar-refractivity contribution in [1.82, 2.24) is 4.90 Å². The van der Waals surface area contributed by atoms with E-state index in [2.05, 4.69) is 17.0 Å². The highest BCUT2D eigenvalue weighted by Gasteiger charge is 2.27. The Labute approximate surface area is 120 Å². The summed E-state index contributed by atoms with van der Waals surface area (Å²) in [4.78, 5) is 17.0. The number of benzene rings is 1. The van der Waals surface area contributed by atoms with E-state index in [4.69, 9.17) is 5.73 Å². The van der Waals surface area contributed by atoms with E-state index >= 15 is 0 Å². The van der Waals surface area contributed by atoms with Crippen LogP contribution in [0.1, 0.15) is 35.2 Å². The van der Waals surface area contributed by atoms with E-state index in [1.807, 2.05) is 17.9 Å². The summed E-state index contributed by atoms with van der Waals surface area (Å²) < 4.78 is 0. The maximum absolute atomic E-state index is 12.8. The van der Waals surface area contributed by atoms with Crippen molar-refractivity contribution in [2.75, 3.05) is 31.1 Å². The van der Waals surface area contributed by atoms with Crippen LogP contribution in [-0.2, 0) is 0 Å². The summed E-state index contributed by atoms with van der Waals surface area (Å²) >= 11 is 0. The normalized spacial score (nSPS) is 22.6. The van der Waals surface area contributed by atoms with Gasteiger partial charge in [-0.3, -0.25) is 4.79 Å². The Kier molecular flexibility index (Phi) is 3.66. The van der Waals surface area contributed by atoms with E-state index in [0.717, 1.165) is 42.9 Å². The first kappa shape index (κ1) is 13.4. The molecule has 4 nitrogen and oxygen atoms in total. The van der Waals surface area contributed by atoms with Gasteiger partial charge < -0.3 is 15.5 Å².